The summed E-state index contributed by atoms with van der Waals surface area (Å²) < 4.78 is 5.23. The summed E-state index contributed by atoms with van der Waals surface area (Å²) in [7, 11) is 0. The van der Waals surface area contributed by atoms with Gasteiger partial charge < -0.3 is 20.5 Å². The van der Waals surface area contributed by atoms with Crippen LogP contribution in [0.15, 0.2) is 28.2 Å². The second-order valence-corrected chi connectivity index (χ2v) is 10.1. The van der Waals surface area contributed by atoms with Crippen molar-refractivity contribution in [3.05, 3.63) is 33.1 Å². The number of ether oxygens (including phenoxy) is 1. The van der Waals surface area contributed by atoms with Gasteiger partial charge in [-0.05, 0) is 32.2 Å². The molecule has 30 heavy (non-hydrogen) atoms. The highest BCUT2D eigenvalue weighted by Crippen LogP contribution is 2.41. The van der Waals surface area contributed by atoms with Gasteiger partial charge in [-0.1, -0.05) is 17.7 Å². The quantitative estimate of drug-likeness (QED) is 0.560. The molecule has 1 saturated heterocycles. The predicted octanol–water partition coefficient (Wildman–Crippen LogP) is 2.25. The number of nitrogens with one attached hydrogen (secondary N) is 2. The van der Waals surface area contributed by atoms with Gasteiger partial charge in [-0.25, -0.2) is 9.59 Å². The molecular formula is C18H20ClN3O6S2. The van der Waals surface area contributed by atoms with Crippen LogP contribution in [0.2, 0.25) is 0 Å². The average molecular weight is 474 g/mol. The lowest BCUT2D eigenvalue weighted by molar-refractivity contribution is -0.150. The number of hydrogen-bond acceptors (Lipinski definition) is 7. The van der Waals surface area contributed by atoms with Crippen LogP contribution in [0.5, 0.6) is 0 Å². The third kappa shape index (κ3) is 4.57. The van der Waals surface area contributed by atoms with Crippen molar-refractivity contribution < 1.29 is 29.0 Å². The number of carboxylic acids is 1. The highest BCUT2D eigenvalue weighted by molar-refractivity contribution is 8.00. The molecule has 9 nitrogen and oxygen atoms in total. The molecule has 1 fully saturated rings. The Kier molecular flexibility index (Phi) is 6.34. The number of rotatable bonds is 5. The zero-order valence-electron chi connectivity index (χ0n) is 16.3. The molecule has 2 aliphatic rings. The normalized spacial score (nSPS) is 22.0. The molecule has 0 aliphatic carbocycles. The van der Waals surface area contributed by atoms with E-state index in [0.717, 1.165) is 4.90 Å². The van der Waals surface area contributed by atoms with Crippen molar-refractivity contribution in [3.63, 3.8) is 0 Å². The van der Waals surface area contributed by atoms with Gasteiger partial charge in [0.05, 0.1) is 5.03 Å². The first-order valence-electron chi connectivity index (χ1n) is 8.89. The Morgan fingerprint density at radius 1 is 1.37 bits per heavy atom. The number of carbonyl (C=O) groups excluding carboxylic acids is 3. The van der Waals surface area contributed by atoms with Crippen molar-refractivity contribution in [2.24, 2.45) is 0 Å². The summed E-state index contributed by atoms with van der Waals surface area (Å²) in [5.41, 5.74) is -1.01. The van der Waals surface area contributed by atoms with Gasteiger partial charge in [-0.15, -0.1) is 23.1 Å². The first-order valence-corrected chi connectivity index (χ1v) is 11.2. The zero-order valence-corrected chi connectivity index (χ0v) is 18.7. The Morgan fingerprint density at radius 2 is 2.07 bits per heavy atom. The van der Waals surface area contributed by atoms with Crippen LogP contribution in [0.4, 0.5) is 4.79 Å². The SMILES string of the molecule is CC(C)(C)OC(=O)NC(C(=O)NC1C(=O)N2C(C(=O)O)=C(Cl)CS[C@@H]12)c1cccs1. The molecule has 3 rings (SSSR count). The molecule has 0 saturated carbocycles. The summed E-state index contributed by atoms with van der Waals surface area (Å²) in [6.07, 6.45) is -0.771. The number of carbonyl (C=O) groups is 4. The van der Waals surface area contributed by atoms with Crippen molar-refractivity contribution >= 4 is 58.6 Å². The van der Waals surface area contributed by atoms with Crippen LogP contribution in [0.1, 0.15) is 31.7 Å². The molecule has 3 amide bonds. The molecule has 0 radical (unpaired) electrons. The van der Waals surface area contributed by atoms with E-state index in [0.29, 0.717) is 4.88 Å². The van der Waals surface area contributed by atoms with E-state index in [2.05, 4.69) is 10.6 Å². The van der Waals surface area contributed by atoms with Gasteiger partial charge in [0, 0.05) is 10.6 Å². The Morgan fingerprint density at radius 3 is 2.63 bits per heavy atom. The van der Waals surface area contributed by atoms with Gasteiger partial charge in [0.25, 0.3) is 5.91 Å². The molecular weight excluding hydrogens is 454 g/mol. The molecule has 1 aromatic heterocycles. The van der Waals surface area contributed by atoms with Crippen LogP contribution in [0, 0.1) is 0 Å². The smallest absolute Gasteiger partial charge is 0.408 e. The summed E-state index contributed by atoms with van der Waals surface area (Å²) in [4.78, 5) is 50.8. The number of alkyl carbamates (subject to hydrolysis) is 1. The van der Waals surface area contributed by atoms with E-state index in [4.69, 9.17) is 16.3 Å². The fourth-order valence-electron chi connectivity index (χ4n) is 2.97. The molecule has 3 atom stereocenters. The Labute approximate surface area is 185 Å². The van der Waals surface area contributed by atoms with Crippen LogP contribution in [0.25, 0.3) is 0 Å². The van der Waals surface area contributed by atoms with E-state index < -0.39 is 46.9 Å². The number of thioether (sulfide) groups is 1. The number of carboxylic acid groups (broad SMARTS) is 1. The van der Waals surface area contributed by atoms with Crippen molar-refractivity contribution in [3.8, 4) is 0 Å². The van der Waals surface area contributed by atoms with Gasteiger partial charge in [0.2, 0.25) is 5.91 Å². The number of fused-ring (bicyclic) bond motifs is 1. The topological polar surface area (TPSA) is 125 Å². The molecule has 12 heteroatoms. The minimum atomic E-state index is -1.30. The fraction of sp³-hybridized carbons (Fsp3) is 0.444. The van der Waals surface area contributed by atoms with E-state index in [9.17, 15) is 24.3 Å². The van der Waals surface area contributed by atoms with E-state index in [1.165, 1.54) is 23.1 Å². The maximum Gasteiger partial charge on any atom is 0.408 e. The lowest BCUT2D eigenvalue weighted by Crippen LogP contribution is -2.71. The number of β-lactam (4-membered cyclic amide) rings is 1. The summed E-state index contributed by atoms with van der Waals surface area (Å²) in [6.45, 7) is 5.11. The molecule has 3 N–H and O–H groups in total. The summed E-state index contributed by atoms with van der Waals surface area (Å²) >= 11 is 8.48. The number of nitrogens with zero attached hydrogens (tertiary/aromatic N) is 1. The third-order valence-corrected chi connectivity index (χ3v) is 6.86. The second kappa shape index (κ2) is 8.48. The summed E-state index contributed by atoms with van der Waals surface area (Å²) in [5.74, 6) is -2.25. The molecule has 1 aromatic rings. The van der Waals surface area contributed by atoms with Crippen LogP contribution < -0.4 is 10.6 Å². The van der Waals surface area contributed by atoms with Crippen LogP contribution >= 0.6 is 34.7 Å². The van der Waals surface area contributed by atoms with Gasteiger partial charge >= 0.3 is 12.1 Å². The van der Waals surface area contributed by atoms with Gasteiger partial charge in [-0.3, -0.25) is 14.5 Å². The van der Waals surface area contributed by atoms with E-state index in [1.54, 1.807) is 38.3 Å². The first kappa shape index (κ1) is 22.4. The van der Waals surface area contributed by atoms with E-state index >= 15 is 0 Å². The molecule has 2 aliphatic heterocycles. The lowest BCUT2D eigenvalue weighted by atomic mass is 10.0. The van der Waals surface area contributed by atoms with Crippen molar-refractivity contribution in [1.29, 1.82) is 0 Å². The molecule has 0 spiro atoms. The van der Waals surface area contributed by atoms with Crippen LogP contribution in [0.3, 0.4) is 0 Å². The molecule has 3 heterocycles. The summed E-state index contributed by atoms with van der Waals surface area (Å²) in [5, 5.41) is 15.7. The second-order valence-electron chi connectivity index (χ2n) is 7.55. The highest BCUT2D eigenvalue weighted by Gasteiger charge is 2.54. The number of thiophene rings is 1. The number of hydrogen-bond donors (Lipinski definition) is 3. The number of halogens is 1. The Bertz CT molecular complexity index is 912. The lowest BCUT2D eigenvalue weighted by Gasteiger charge is -2.49. The third-order valence-electron chi connectivity index (χ3n) is 4.17. The Hall–Kier alpha value is -2.24. The van der Waals surface area contributed by atoms with Gasteiger partial charge in [0.15, 0.2) is 0 Å². The minimum absolute atomic E-state index is 0.0740. The fourth-order valence-corrected chi connectivity index (χ4v) is 5.29. The maximum atomic E-state index is 12.9. The molecule has 0 aromatic carbocycles. The minimum Gasteiger partial charge on any atom is -0.477 e. The number of amides is 3. The van der Waals surface area contributed by atoms with Crippen molar-refractivity contribution in [2.45, 2.75) is 43.8 Å². The maximum absolute atomic E-state index is 12.9. The molecule has 162 valence electrons. The zero-order chi connectivity index (χ0) is 22.2. The predicted molar refractivity (Wildman–Crippen MR) is 112 cm³/mol. The largest absolute Gasteiger partial charge is 0.477 e. The molecule has 2 unspecified atom stereocenters. The first-order chi connectivity index (χ1) is 14.0. The molecule has 0 bridgehead atoms. The van der Waals surface area contributed by atoms with E-state index in [-0.39, 0.29) is 16.5 Å². The van der Waals surface area contributed by atoms with Crippen LogP contribution in [-0.4, -0.2) is 56.7 Å². The van der Waals surface area contributed by atoms with Gasteiger partial charge in [0.1, 0.15) is 28.8 Å². The Balaban J connectivity index is 1.74. The monoisotopic (exact) mass is 473 g/mol. The van der Waals surface area contributed by atoms with Crippen molar-refractivity contribution in [1.82, 2.24) is 15.5 Å². The van der Waals surface area contributed by atoms with Crippen LogP contribution in [-0.2, 0) is 19.1 Å². The summed E-state index contributed by atoms with van der Waals surface area (Å²) in [6, 6.07) is 1.43. The van der Waals surface area contributed by atoms with E-state index in [1.807, 2.05) is 0 Å². The average Bonchev–Trinajstić information content (AvgIpc) is 3.16. The van der Waals surface area contributed by atoms with Gasteiger partial charge in [-0.2, -0.15) is 0 Å². The number of aliphatic carboxylic acids is 1. The standard InChI is InChI=1S/C18H20ClN3O6S2/c1-18(2,3)28-17(27)21-10(9-5-4-6-29-9)13(23)20-11-14(24)22-12(16(25)26)8(19)7-30-15(11)22/h4-6,10-11,15H,7H2,1-3H3,(H,20,23)(H,21,27)(H,25,26)/t10?,11?,15-/m0/s1. The van der Waals surface area contributed by atoms with Crippen molar-refractivity contribution in [2.75, 3.05) is 5.75 Å². The highest BCUT2D eigenvalue weighted by atomic mass is 35.5.